The Kier molecular flexibility index (Phi) is 4.08. The highest BCUT2D eigenvalue weighted by atomic mass is 16.3. The van der Waals surface area contributed by atoms with E-state index in [0.29, 0.717) is 18.4 Å². The van der Waals surface area contributed by atoms with E-state index in [1.54, 1.807) is 0 Å². The van der Waals surface area contributed by atoms with E-state index in [2.05, 4.69) is 38.1 Å². The van der Waals surface area contributed by atoms with Gasteiger partial charge in [0.25, 0.3) is 0 Å². The maximum Gasteiger partial charge on any atom is 0.0505 e. The largest absolute Gasteiger partial charge is 0.396 e. The predicted octanol–water partition coefficient (Wildman–Crippen LogP) is 2.70. The van der Waals surface area contributed by atoms with Crippen LogP contribution in [0.15, 0.2) is 24.3 Å². The Labute approximate surface area is 110 Å². The molecule has 0 amide bonds. The van der Waals surface area contributed by atoms with Crippen LogP contribution in [-0.4, -0.2) is 18.3 Å². The SMILES string of the molecule is CC(C)c1ccc(CC(CN)(CO)C2CC2)cc1. The summed E-state index contributed by atoms with van der Waals surface area (Å²) in [5.74, 6) is 1.19. The lowest BCUT2D eigenvalue weighted by Crippen LogP contribution is -2.38. The first-order valence-electron chi connectivity index (χ1n) is 7.01. The Morgan fingerprint density at radius 2 is 1.89 bits per heavy atom. The summed E-state index contributed by atoms with van der Waals surface area (Å²) < 4.78 is 0. The topological polar surface area (TPSA) is 46.2 Å². The predicted molar refractivity (Wildman–Crippen MR) is 75.5 cm³/mol. The van der Waals surface area contributed by atoms with Crippen LogP contribution in [0.5, 0.6) is 0 Å². The van der Waals surface area contributed by atoms with E-state index in [4.69, 9.17) is 5.73 Å². The number of benzene rings is 1. The smallest absolute Gasteiger partial charge is 0.0505 e. The van der Waals surface area contributed by atoms with Gasteiger partial charge in [0.2, 0.25) is 0 Å². The molecule has 3 N–H and O–H groups in total. The highest BCUT2D eigenvalue weighted by Gasteiger charge is 2.43. The van der Waals surface area contributed by atoms with E-state index in [9.17, 15) is 5.11 Å². The molecule has 0 aliphatic heterocycles. The molecular formula is C16H25NO. The number of rotatable bonds is 6. The molecule has 100 valence electrons. The number of aliphatic hydroxyl groups excluding tert-OH is 1. The van der Waals surface area contributed by atoms with Crippen LogP contribution in [0.3, 0.4) is 0 Å². The van der Waals surface area contributed by atoms with E-state index >= 15 is 0 Å². The van der Waals surface area contributed by atoms with E-state index in [1.165, 1.54) is 24.0 Å². The Bertz CT molecular complexity index is 375. The van der Waals surface area contributed by atoms with Gasteiger partial charge in [0.15, 0.2) is 0 Å². The average molecular weight is 247 g/mol. The van der Waals surface area contributed by atoms with Gasteiger partial charge in [0.1, 0.15) is 0 Å². The monoisotopic (exact) mass is 247 g/mol. The van der Waals surface area contributed by atoms with Crippen LogP contribution in [0, 0.1) is 11.3 Å². The Hall–Kier alpha value is -0.860. The van der Waals surface area contributed by atoms with Crippen LogP contribution >= 0.6 is 0 Å². The summed E-state index contributed by atoms with van der Waals surface area (Å²) in [5.41, 5.74) is 8.51. The zero-order valence-corrected chi connectivity index (χ0v) is 11.5. The zero-order chi connectivity index (χ0) is 13.2. The molecule has 0 spiro atoms. The fourth-order valence-electron chi connectivity index (χ4n) is 2.76. The van der Waals surface area contributed by atoms with Crippen molar-refractivity contribution in [2.24, 2.45) is 17.1 Å². The molecule has 2 nitrogen and oxygen atoms in total. The first-order chi connectivity index (χ1) is 8.61. The number of hydrogen-bond acceptors (Lipinski definition) is 2. The lowest BCUT2D eigenvalue weighted by Gasteiger charge is -2.31. The Balaban J connectivity index is 2.11. The quantitative estimate of drug-likeness (QED) is 0.812. The molecule has 1 unspecified atom stereocenters. The molecule has 2 heteroatoms. The highest BCUT2D eigenvalue weighted by Crippen LogP contribution is 2.46. The van der Waals surface area contributed by atoms with Gasteiger partial charge in [-0.25, -0.2) is 0 Å². The summed E-state index contributed by atoms with van der Waals surface area (Å²) in [5, 5.41) is 9.71. The molecule has 0 radical (unpaired) electrons. The van der Waals surface area contributed by atoms with Gasteiger partial charge in [-0.15, -0.1) is 0 Å². The maximum absolute atomic E-state index is 9.71. The summed E-state index contributed by atoms with van der Waals surface area (Å²) in [6.45, 7) is 5.20. The minimum Gasteiger partial charge on any atom is -0.396 e. The van der Waals surface area contributed by atoms with Gasteiger partial charge < -0.3 is 10.8 Å². The maximum atomic E-state index is 9.71. The van der Waals surface area contributed by atoms with Crippen LogP contribution in [0.1, 0.15) is 43.7 Å². The van der Waals surface area contributed by atoms with Crippen LogP contribution < -0.4 is 5.73 Å². The molecule has 1 fully saturated rings. The summed E-state index contributed by atoms with van der Waals surface area (Å²) in [6, 6.07) is 8.78. The molecule has 18 heavy (non-hydrogen) atoms. The minimum absolute atomic E-state index is 0.0840. The molecule has 1 aliphatic rings. The van der Waals surface area contributed by atoms with Gasteiger partial charge in [-0.1, -0.05) is 38.1 Å². The molecule has 0 bridgehead atoms. The molecule has 0 aromatic heterocycles. The van der Waals surface area contributed by atoms with Gasteiger partial charge in [-0.3, -0.25) is 0 Å². The zero-order valence-electron chi connectivity index (χ0n) is 11.5. The Morgan fingerprint density at radius 1 is 1.28 bits per heavy atom. The van der Waals surface area contributed by atoms with Crippen molar-refractivity contribution in [3.05, 3.63) is 35.4 Å². The standard InChI is InChI=1S/C16H25NO/c1-12(2)14-5-3-13(4-6-14)9-16(10-17,11-18)15-7-8-15/h3-6,12,15,18H,7-11,17H2,1-2H3. The van der Waals surface area contributed by atoms with Crippen molar-refractivity contribution in [1.82, 2.24) is 0 Å². The molecular weight excluding hydrogens is 222 g/mol. The molecule has 0 saturated heterocycles. The van der Waals surface area contributed by atoms with Crippen LogP contribution in [-0.2, 0) is 6.42 Å². The number of hydrogen-bond donors (Lipinski definition) is 2. The van der Waals surface area contributed by atoms with Gasteiger partial charge in [-0.2, -0.15) is 0 Å². The van der Waals surface area contributed by atoms with Crippen LogP contribution in [0.2, 0.25) is 0 Å². The second-order valence-electron chi connectivity index (χ2n) is 6.07. The van der Waals surface area contributed by atoms with Crippen molar-refractivity contribution in [1.29, 1.82) is 0 Å². The van der Waals surface area contributed by atoms with E-state index in [0.717, 1.165) is 6.42 Å². The van der Waals surface area contributed by atoms with Crippen molar-refractivity contribution in [3.8, 4) is 0 Å². The van der Waals surface area contributed by atoms with Gasteiger partial charge >= 0.3 is 0 Å². The molecule has 1 aliphatic carbocycles. The third-order valence-electron chi connectivity index (χ3n) is 4.37. The van der Waals surface area contributed by atoms with E-state index < -0.39 is 0 Å². The molecule has 2 rings (SSSR count). The number of nitrogens with two attached hydrogens (primary N) is 1. The van der Waals surface area contributed by atoms with Crippen molar-refractivity contribution in [3.63, 3.8) is 0 Å². The van der Waals surface area contributed by atoms with Gasteiger partial charge in [-0.05, 0) is 42.2 Å². The highest BCUT2D eigenvalue weighted by molar-refractivity contribution is 5.26. The summed E-state index contributed by atoms with van der Waals surface area (Å²) in [6.07, 6.45) is 3.35. The molecule has 0 heterocycles. The van der Waals surface area contributed by atoms with Crippen molar-refractivity contribution < 1.29 is 5.11 Å². The first-order valence-corrected chi connectivity index (χ1v) is 7.01. The van der Waals surface area contributed by atoms with Crippen molar-refractivity contribution in [2.45, 2.75) is 39.0 Å². The molecule has 1 aromatic carbocycles. The van der Waals surface area contributed by atoms with Gasteiger partial charge in [0.05, 0.1) is 6.61 Å². The summed E-state index contributed by atoms with van der Waals surface area (Å²) in [7, 11) is 0. The van der Waals surface area contributed by atoms with Crippen molar-refractivity contribution >= 4 is 0 Å². The Morgan fingerprint density at radius 3 is 2.28 bits per heavy atom. The fraction of sp³-hybridized carbons (Fsp3) is 0.625. The first kappa shape index (κ1) is 13.6. The summed E-state index contributed by atoms with van der Waals surface area (Å²) >= 11 is 0. The van der Waals surface area contributed by atoms with E-state index in [1.807, 2.05) is 0 Å². The molecule has 1 saturated carbocycles. The average Bonchev–Trinajstić information content (AvgIpc) is 3.21. The van der Waals surface area contributed by atoms with Crippen LogP contribution in [0.25, 0.3) is 0 Å². The lowest BCUT2D eigenvalue weighted by molar-refractivity contribution is 0.109. The molecule has 1 aromatic rings. The third kappa shape index (κ3) is 2.76. The fourth-order valence-corrected chi connectivity index (χ4v) is 2.76. The third-order valence-corrected chi connectivity index (χ3v) is 4.37. The minimum atomic E-state index is -0.0840. The van der Waals surface area contributed by atoms with Crippen LogP contribution in [0.4, 0.5) is 0 Å². The van der Waals surface area contributed by atoms with Gasteiger partial charge in [0, 0.05) is 12.0 Å². The summed E-state index contributed by atoms with van der Waals surface area (Å²) in [4.78, 5) is 0. The second kappa shape index (κ2) is 5.41. The normalized spacial score (nSPS) is 18.9. The van der Waals surface area contributed by atoms with Crippen molar-refractivity contribution in [2.75, 3.05) is 13.2 Å². The second-order valence-corrected chi connectivity index (χ2v) is 6.07. The van der Waals surface area contributed by atoms with E-state index in [-0.39, 0.29) is 12.0 Å². The number of aliphatic hydroxyl groups is 1. The molecule has 1 atom stereocenters. The lowest BCUT2D eigenvalue weighted by atomic mass is 9.77.